The normalized spacial score (nSPS) is 41.6. The molecule has 4 saturated heterocycles. The minimum atomic E-state index is -1.37. The molecule has 18 atom stereocenters. The summed E-state index contributed by atoms with van der Waals surface area (Å²) in [4.78, 5) is 36.2. The number of rotatable bonds is 14. The Morgan fingerprint density at radius 1 is 0.885 bits per heavy atom. The van der Waals surface area contributed by atoms with E-state index in [1.807, 2.05) is 41.5 Å². The van der Waals surface area contributed by atoms with Crippen molar-refractivity contribution in [2.24, 2.45) is 41.4 Å². The van der Waals surface area contributed by atoms with Gasteiger partial charge in [-0.2, -0.15) is 0 Å². The minimum Gasteiger partial charge on any atom is -0.544 e. The lowest BCUT2D eigenvalue weighted by Crippen LogP contribution is -2.63. The number of aliphatic hydroxyl groups is 3. The van der Waals surface area contributed by atoms with E-state index in [2.05, 4.69) is 20.8 Å². The van der Waals surface area contributed by atoms with Crippen LogP contribution in [0.1, 0.15) is 133 Å². The summed E-state index contributed by atoms with van der Waals surface area (Å²) in [5.41, 5.74) is -1.63. The molecule has 0 aromatic rings. The Hall–Kier alpha value is -2.01. The average molecular weight is 868 g/mol. The Bertz CT molecular complexity index is 1540. The van der Waals surface area contributed by atoms with Crippen LogP contribution >= 0.6 is 0 Å². The van der Waals surface area contributed by atoms with Crippen molar-refractivity contribution in [1.29, 1.82) is 0 Å². The fourth-order valence-electron chi connectivity index (χ4n) is 10.9. The first-order chi connectivity index (χ1) is 28.2. The van der Waals surface area contributed by atoms with E-state index >= 15 is 0 Å². The molecule has 5 heterocycles. The molecule has 5 rings (SSSR count). The van der Waals surface area contributed by atoms with Gasteiger partial charge in [0, 0.05) is 30.1 Å². The summed E-state index contributed by atoms with van der Waals surface area (Å²) in [5.74, 6) is -6.79. The maximum absolute atomic E-state index is 14.4. The molecule has 352 valence electrons. The summed E-state index contributed by atoms with van der Waals surface area (Å²) in [6.07, 6.45) is 5.51. The lowest BCUT2D eigenvalue weighted by molar-refractivity contribution is -0.864. The van der Waals surface area contributed by atoms with Gasteiger partial charge in [0.2, 0.25) is 5.79 Å². The number of hydrogen-bond donors (Lipinski definition) is 4. The molecule has 5 aliphatic heterocycles. The fraction of sp³-hybridized carbons (Fsp3) is 0.894. The molecule has 0 unspecified atom stereocenters. The number of carbonyl (C=O) groups excluding carboxylic acids is 2. The molecular weight excluding hydrogens is 787 g/mol. The Balaban J connectivity index is 0.000000929. The first kappa shape index (κ1) is 51.6. The SMILES string of the molecule is CC[C@@H](C(=O)[C@@H](C)[C@@H](O)[C@H](C)[C@@H]1O[C@@H]([C@@H](CC)C(=O)O)CC[C@@H]1C)[C@H]1O[C@]2(C=C[C@@H](O)[C@]3(CC[C@@](C)([C@H]4CC[C@](O)(CC)[C@H](C)O4)O3)O2)[C@H](C)C[C@@H]1C.C[N+](C)(C)CC(=O)[O-]. The molecule has 14 nitrogen and oxygen atoms in total. The standard InChI is InChI=1S/C42H70O11.C5H11NO2/c1-11-29(38(46)47)31-15-14-23(4)36(50-31)27(8)34(44)26(7)35(45)30(12-2)37-24(5)22-25(6)41(51-37)19-16-32(43)42(53-41)21-20-39(10,52-42)33-17-18-40(48,13-3)28(9)49-33;1-6(2,3)4-5(7)8/h16,19,23-34,36-37,43-44,48H,11-15,17-18,20-22H2,1-10H3,(H,46,47);4H2,1-3H3/t23-,24-,25+,26-,27-,28-,29+,30-,31+,32+,33+,34+,36+,37-,39-,40+,41-,42-;/m0./s1. The first-order valence-electron chi connectivity index (χ1n) is 23.2. The van der Waals surface area contributed by atoms with E-state index in [9.17, 15) is 39.9 Å². The number of carboxylic acids is 2. The fourth-order valence-corrected chi connectivity index (χ4v) is 10.9. The topological polar surface area (TPSA) is 201 Å². The maximum atomic E-state index is 14.4. The number of aliphatic hydroxyl groups excluding tert-OH is 2. The second kappa shape index (κ2) is 20.0. The van der Waals surface area contributed by atoms with Crippen LogP contribution in [0, 0.1) is 41.4 Å². The Morgan fingerprint density at radius 2 is 1.52 bits per heavy atom. The summed E-state index contributed by atoms with van der Waals surface area (Å²) in [6.45, 7) is 19.7. The number of aliphatic carboxylic acids is 2. The molecule has 5 aliphatic rings. The second-order valence-corrected chi connectivity index (χ2v) is 20.7. The van der Waals surface area contributed by atoms with Crippen molar-refractivity contribution in [1.82, 2.24) is 0 Å². The van der Waals surface area contributed by atoms with E-state index in [0.717, 1.165) is 6.42 Å². The highest BCUT2D eigenvalue weighted by molar-refractivity contribution is 5.84. The number of ketones is 1. The highest BCUT2D eigenvalue weighted by Crippen LogP contribution is 2.54. The van der Waals surface area contributed by atoms with Crippen LogP contribution < -0.4 is 5.11 Å². The van der Waals surface area contributed by atoms with Gasteiger partial charge in [-0.1, -0.05) is 55.4 Å². The number of Topliss-reactive ketones (excluding diaryl/α,β-unsaturated/α-hetero) is 1. The molecule has 0 saturated carbocycles. The lowest BCUT2D eigenvalue weighted by Gasteiger charge is -2.54. The predicted octanol–water partition coefficient (Wildman–Crippen LogP) is 4.63. The lowest BCUT2D eigenvalue weighted by atomic mass is 9.72. The van der Waals surface area contributed by atoms with E-state index in [1.165, 1.54) is 0 Å². The maximum Gasteiger partial charge on any atom is 0.309 e. The van der Waals surface area contributed by atoms with Crippen LogP contribution in [-0.2, 0) is 38.1 Å². The number of nitrogens with zero attached hydrogens (tertiary/aromatic N) is 1. The van der Waals surface area contributed by atoms with Gasteiger partial charge in [0.05, 0.1) is 80.9 Å². The molecule has 0 aliphatic carbocycles. The third-order valence-corrected chi connectivity index (χ3v) is 15.0. The molecule has 4 N–H and O–H groups in total. The predicted molar refractivity (Wildman–Crippen MR) is 227 cm³/mol. The van der Waals surface area contributed by atoms with Crippen LogP contribution in [0.3, 0.4) is 0 Å². The van der Waals surface area contributed by atoms with Crippen molar-refractivity contribution in [2.75, 3.05) is 27.7 Å². The summed E-state index contributed by atoms with van der Waals surface area (Å²) in [5, 5.41) is 53.9. The molecule has 0 radical (unpaired) electrons. The van der Waals surface area contributed by atoms with Crippen molar-refractivity contribution >= 4 is 17.7 Å². The molecule has 0 bridgehead atoms. The van der Waals surface area contributed by atoms with Crippen LogP contribution in [-0.4, -0.2) is 136 Å². The molecule has 0 amide bonds. The number of carboxylic acid groups (broad SMARTS) is 2. The molecule has 0 aromatic heterocycles. The summed E-state index contributed by atoms with van der Waals surface area (Å²) in [7, 11) is 5.40. The van der Waals surface area contributed by atoms with Gasteiger partial charge in [-0.15, -0.1) is 0 Å². The zero-order valence-electron chi connectivity index (χ0n) is 39.4. The van der Waals surface area contributed by atoms with Crippen molar-refractivity contribution in [2.45, 2.75) is 199 Å². The number of ether oxygens (including phenoxy) is 5. The van der Waals surface area contributed by atoms with Crippen molar-refractivity contribution < 1.29 is 68.1 Å². The van der Waals surface area contributed by atoms with Gasteiger partial charge in [-0.3, -0.25) is 9.59 Å². The largest absolute Gasteiger partial charge is 0.544 e. The van der Waals surface area contributed by atoms with Gasteiger partial charge in [-0.05, 0) is 95.6 Å². The van der Waals surface area contributed by atoms with E-state index in [4.69, 9.17) is 23.7 Å². The highest BCUT2D eigenvalue weighted by atomic mass is 16.8. The van der Waals surface area contributed by atoms with Gasteiger partial charge in [0.15, 0.2) is 5.79 Å². The highest BCUT2D eigenvalue weighted by Gasteiger charge is 2.63. The number of hydrogen-bond acceptors (Lipinski definition) is 12. The zero-order chi connectivity index (χ0) is 46.0. The second-order valence-electron chi connectivity index (χ2n) is 20.7. The van der Waals surface area contributed by atoms with Crippen LogP contribution in [0.4, 0.5) is 0 Å². The third-order valence-electron chi connectivity index (χ3n) is 15.0. The van der Waals surface area contributed by atoms with Gasteiger partial charge < -0.3 is 58.5 Å². The molecule has 14 heteroatoms. The Kier molecular flexibility index (Phi) is 16.9. The van der Waals surface area contributed by atoms with E-state index in [1.54, 1.807) is 40.2 Å². The van der Waals surface area contributed by atoms with Gasteiger partial charge in [0.25, 0.3) is 0 Å². The molecule has 2 spiro atoms. The Morgan fingerprint density at radius 3 is 2.05 bits per heavy atom. The van der Waals surface area contributed by atoms with Gasteiger partial charge >= 0.3 is 5.97 Å². The zero-order valence-corrected chi connectivity index (χ0v) is 39.4. The summed E-state index contributed by atoms with van der Waals surface area (Å²) < 4.78 is 33.9. The third kappa shape index (κ3) is 11.3. The smallest absolute Gasteiger partial charge is 0.309 e. The molecule has 61 heavy (non-hydrogen) atoms. The van der Waals surface area contributed by atoms with Crippen LogP contribution in [0.25, 0.3) is 0 Å². The molecule has 4 fully saturated rings. The minimum absolute atomic E-state index is 0.0137. The van der Waals surface area contributed by atoms with Crippen molar-refractivity contribution in [3.8, 4) is 0 Å². The number of likely N-dealkylation sites (N-methyl/N-ethyl adjacent to an activating group) is 1. The van der Waals surface area contributed by atoms with E-state index < -0.39 is 82.8 Å². The first-order valence-corrected chi connectivity index (χ1v) is 23.2. The van der Waals surface area contributed by atoms with Crippen LogP contribution in [0.2, 0.25) is 0 Å². The number of quaternary nitrogens is 1. The summed E-state index contributed by atoms with van der Waals surface area (Å²) in [6, 6.07) is 0. The summed E-state index contributed by atoms with van der Waals surface area (Å²) >= 11 is 0. The van der Waals surface area contributed by atoms with Gasteiger partial charge in [-0.25, -0.2) is 0 Å². The van der Waals surface area contributed by atoms with E-state index in [-0.39, 0.29) is 48.4 Å². The van der Waals surface area contributed by atoms with Crippen LogP contribution in [0.15, 0.2) is 12.2 Å². The molecule has 0 aromatic carbocycles. The van der Waals surface area contributed by atoms with Gasteiger partial charge in [0.1, 0.15) is 18.4 Å². The average Bonchev–Trinajstić information content (AvgIpc) is 3.52. The monoisotopic (exact) mass is 868 g/mol. The van der Waals surface area contributed by atoms with Crippen LogP contribution in [0.5, 0.6) is 0 Å². The van der Waals surface area contributed by atoms with Crippen molar-refractivity contribution in [3.05, 3.63) is 12.2 Å². The quantitative estimate of drug-likeness (QED) is 0.139. The number of carbonyl (C=O) groups is 3. The Labute approximate surface area is 365 Å². The van der Waals surface area contributed by atoms with E-state index in [0.29, 0.717) is 62.3 Å². The molecular formula is C47H81NO13. The van der Waals surface area contributed by atoms with Crippen molar-refractivity contribution in [3.63, 3.8) is 0 Å².